The molecule has 1 aliphatic carbocycles. The molecule has 1 aromatic rings. The second kappa shape index (κ2) is 6.36. The summed E-state index contributed by atoms with van der Waals surface area (Å²) in [5, 5.41) is 3.43. The number of rotatable bonds is 4. The lowest BCUT2D eigenvalue weighted by molar-refractivity contribution is -0.147. The predicted octanol–water partition coefficient (Wildman–Crippen LogP) is 2.43. The topological polar surface area (TPSA) is 38.3 Å². The molecule has 2 unspecified atom stereocenters. The molecule has 18 heavy (non-hydrogen) atoms. The van der Waals surface area contributed by atoms with Gasteiger partial charge in [-0.05, 0) is 18.4 Å². The summed E-state index contributed by atoms with van der Waals surface area (Å²) in [6.45, 7) is 2.25. The van der Waals surface area contributed by atoms with Gasteiger partial charge in [0, 0.05) is 13.5 Å². The largest absolute Gasteiger partial charge is 0.461 e. The normalized spacial score (nSPS) is 22.7. The Labute approximate surface area is 108 Å². The number of esters is 1. The Morgan fingerprint density at radius 1 is 1.39 bits per heavy atom. The van der Waals surface area contributed by atoms with Crippen LogP contribution in [0.15, 0.2) is 42.5 Å². The van der Waals surface area contributed by atoms with Crippen LogP contribution in [0.3, 0.4) is 0 Å². The average molecular weight is 245 g/mol. The number of nitrogens with one attached hydrogen (secondary N) is 1. The molecule has 0 spiro atoms. The average Bonchev–Trinajstić information content (AvgIpc) is 2.38. The summed E-state index contributed by atoms with van der Waals surface area (Å²) in [6.07, 6.45) is 6.06. The fraction of sp³-hybridized carbons (Fsp3) is 0.400. The zero-order valence-corrected chi connectivity index (χ0v) is 10.6. The summed E-state index contributed by atoms with van der Waals surface area (Å²) in [4.78, 5) is 11.1. The lowest BCUT2D eigenvalue weighted by atomic mass is 9.99. The number of carbonyl (C=O) groups is 1. The van der Waals surface area contributed by atoms with E-state index in [9.17, 15) is 4.79 Å². The van der Waals surface area contributed by atoms with Gasteiger partial charge in [0.1, 0.15) is 6.10 Å². The van der Waals surface area contributed by atoms with Crippen LogP contribution in [0.4, 0.5) is 0 Å². The zero-order chi connectivity index (χ0) is 12.8. The summed E-state index contributed by atoms with van der Waals surface area (Å²) in [5.74, 6) is -0.207. The Morgan fingerprint density at radius 2 is 2.17 bits per heavy atom. The van der Waals surface area contributed by atoms with E-state index in [2.05, 4.69) is 29.6 Å². The minimum absolute atomic E-state index is 0.0452. The molecule has 0 amide bonds. The molecule has 2 atom stereocenters. The summed E-state index contributed by atoms with van der Waals surface area (Å²) in [7, 11) is 0. The van der Waals surface area contributed by atoms with Crippen molar-refractivity contribution in [2.24, 2.45) is 0 Å². The highest BCUT2D eigenvalue weighted by atomic mass is 16.5. The molecule has 96 valence electrons. The van der Waals surface area contributed by atoms with Crippen molar-refractivity contribution in [1.82, 2.24) is 5.32 Å². The van der Waals surface area contributed by atoms with Gasteiger partial charge in [-0.2, -0.15) is 0 Å². The van der Waals surface area contributed by atoms with Crippen LogP contribution >= 0.6 is 0 Å². The minimum Gasteiger partial charge on any atom is -0.461 e. The van der Waals surface area contributed by atoms with Gasteiger partial charge < -0.3 is 10.1 Å². The van der Waals surface area contributed by atoms with Crippen LogP contribution in [0.25, 0.3) is 0 Å². The number of allylic oxidation sites excluding steroid dienone is 1. The van der Waals surface area contributed by atoms with E-state index in [1.807, 2.05) is 18.2 Å². The van der Waals surface area contributed by atoms with Crippen molar-refractivity contribution in [2.75, 3.05) is 0 Å². The van der Waals surface area contributed by atoms with Crippen LogP contribution in [0, 0.1) is 0 Å². The lowest BCUT2D eigenvalue weighted by Crippen LogP contribution is -2.41. The monoisotopic (exact) mass is 245 g/mol. The molecule has 2 rings (SSSR count). The molecule has 0 aliphatic heterocycles. The molecule has 1 aromatic carbocycles. The predicted molar refractivity (Wildman–Crippen MR) is 71.0 cm³/mol. The molecule has 0 fully saturated rings. The Balaban J connectivity index is 1.91. The lowest BCUT2D eigenvalue weighted by Gasteiger charge is -2.28. The third-order valence-electron chi connectivity index (χ3n) is 3.06. The van der Waals surface area contributed by atoms with Crippen LogP contribution in [0.2, 0.25) is 0 Å². The molecule has 1 N–H and O–H groups in total. The standard InChI is InChI=1S/C15H19NO2/c1-12(17)18-15-10-6-5-9-14(15)16-11-13-7-3-2-4-8-13/h2-5,7-9,14-16H,6,10-11H2,1H3. The van der Waals surface area contributed by atoms with Crippen molar-refractivity contribution in [3.05, 3.63) is 48.0 Å². The van der Waals surface area contributed by atoms with Crippen LogP contribution in [-0.4, -0.2) is 18.1 Å². The molecule has 0 radical (unpaired) electrons. The first-order chi connectivity index (χ1) is 8.75. The van der Waals surface area contributed by atoms with Gasteiger partial charge in [-0.25, -0.2) is 0 Å². The molecule has 0 bridgehead atoms. The molecule has 0 aromatic heterocycles. The summed E-state index contributed by atoms with van der Waals surface area (Å²) in [6, 6.07) is 10.3. The van der Waals surface area contributed by atoms with E-state index in [-0.39, 0.29) is 18.1 Å². The zero-order valence-electron chi connectivity index (χ0n) is 10.6. The van der Waals surface area contributed by atoms with E-state index in [1.54, 1.807) is 0 Å². The number of benzene rings is 1. The van der Waals surface area contributed by atoms with Gasteiger partial charge in [0.25, 0.3) is 0 Å². The van der Waals surface area contributed by atoms with Crippen molar-refractivity contribution >= 4 is 5.97 Å². The summed E-state index contributed by atoms with van der Waals surface area (Å²) >= 11 is 0. The molecule has 0 heterocycles. The van der Waals surface area contributed by atoms with Crippen molar-refractivity contribution in [1.29, 1.82) is 0 Å². The second-order valence-electron chi connectivity index (χ2n) is 4.55. The van der Waals surface area contributed by atoms with Crippen molar-refractivity contribution in [3.63, 3.8) is 0 Å². The number of hydrogen-bond donors (Lipinski definition) is 1. The van der Waals surface area contributed by atoms with Crippen LogP contribution in [0.5, 0.6) is 0 Å². The first-order valence-electron chi connectivity index (χ1n) is 6.37. The van der Waals surface area contributed by atoms with Gasteiger partial charge >= 0.3 is 5.97 Å². The molecule has 3 nitrogen and oxygen atoms in total. The van der Waals surface area contributed by atoms with Crippen LogP contribution < -0.4 is 5.32 Å². The fourth-order valence-electron chi connectivity index (χ4n) is 2.18. The Bertz CT molecular complexity index is 414. The van der Waals surface area contributed by atoms with Gasteiger partial charge in [0.2, 0.25) is 0 Å². The maximum Gasteiger partial charge on any atom is 0.302 e. The van der Waals surface area contributed by atoms with Crippen LogP contribution in [-0.2, 0) is 16.1 Å². The molecule has 3 heteroatoms. The van der Waals surface area contributed by atoms with Gasteiger partial charge in [-0.15, -0.1) is 0 Å². The molecular weight excluding hydrogens is 226 g/mol. The third-order valence-corrected chi connectivity index (χ3v) is 3.06. The maximum absolute atomic E-state index is 11.1. The van der Waals surface area contributed by atoms with E-state index in [0.29, 0.717) is 0 Å². The highest BCUT2D eigenvalue weighted by Gasteiger charge is 2.23. The molecule has 0 saturated heterocycles. The quantitative estimate of drug-likeness (QED) is 0.654. The van der Waals surface area contributed by atoms with Crippen molar-refractivity contribution < 1.29 is 9.53 Å². The second-order valence-corrected chi connectivity index (χ2v) is 4.55. The highest BCUT2D eigenvalue weighted by Crippen LogP contribution is 2.16. The SMILES string of the molecule is CC(=O)OC1CCC=CC1NCc1ccccc1. The van der Waals surface area contributed by atoms with E-state index >= 15 is 0 Å². The van der Waals surface area contributed by atoms with E-state index < -0.39 is 0 Å². The van der Waals surface area contributed by atoms with Gasteiger partial charge in [-0.1, -0.05) is 42.5 Å². The summed E-state index contributed by atoms with van der Waals surface area (Å²) < 4.78 is 5.34. The fourth-order valence-corrected chi connectivity index (χ4v) is 2.18. The summed E-state index contributed by atoms with van der Waals surface area (Å²) in [5.41, 5.74) is 1.23. The Morgan fingerprint density at radius 3 is 2.89 bits per heavy atom. The maximum atomic E-state index is 11.1. The van der Waals surface area contributed by atoms with Gasteiger partial charge in [0.05, 0.1) is 6.04 Å². The van der Waals surface area contributed by atoms with E-state index in [1.165, 1.54) is 12.5 Å². The highest BCUT2D eigenvalue weighted by molar-refractivity contribution is 5.66. The number of carbonyl (C=O) groups excluding carboxylic acids is 1. The number of ether oxygens (including phenoxy) is 1. The third kappa shape index (κ3) is 3.70. The van der Waals surface area contributed by atoms with Gasteiger partial charge in [-0.3, -0.25) is 4.79 Å². The van der Waals surface area contributed by atoms with Gasteiger partial charge in [0.15, 0.2) is 0 Å². The minimum atomic E-state index is -0.207. The first-order valence-corrected chi connectivity index (χ1v) is 6.37. The Hall–Kier alpha value is -1.61. The molecular formula is C15H19NO2. The number of hydrogen-bond acceptors (Lipinski definition) is 3. The first kappa shape index (κ1) is 12.8. The molecule has 0 saturated carbocycles. The van der Waals surface area contributed by atoms with E-state index in [4.69, 9.17) is 4.74 Å². The Kier molecular flexibility index (Phi) is 4.53. The van der Waals surface area contributed by atoms with Crippen molar-refractivity contribution in [2.45, 2.75) is 38.5 Å². The van der Waals surface area contributed by atoms with Crippen molar-refractivity contribution in [3.8, 4) is 0 Å². The molecule has 1 aliphatic rings. The van der Waals surface area contributed by atoms with E-state index in [0.717, 1.165) is 19.4 Å². The van der Waals surface area contributed by atoms with Crippen LogP contribution in [0.1, 0.15) is 25.3 Å². The smallest absolute Gasteiger partial charge is 0.302 e.